The van der Waals surface area contributed by atoms with Gasteiger partial charge in [0.05, 0.1) is 0 Å². The van der Waals surface area contributed by atoms with E-state index in [9.17, 15) is 0 Å². The molecule has 0 amide bonds. The van der Waals surface area contributed by atoms with E-state index in [0.717, 1.165) is 10.8 Å². The monoisotopic (exact) mass is 139 g/mol. The fraction of sp³-hybridized carbons (Fsp3) is 0.200. The van der Waals surface area contributed by atoms with Crippen LogP contribution in [-0.4, -0.2) is 14.6 Å². The maximum atomic E-state index is 4.14. The highest BCUT2D eigenvalue weighted by Gasteiger charge is 1.96. The van der Waals surface area contributed by atoms with Gasteiger partial charge in [-0.25, -0.2) is 9.50 Å². The molecule has 0 unspecified atom stereocenters. The average Bonchev–Trinajstić information content (AvgIpc) is 2.22. The predicted octanol–water partition coefficient (Wildman–Crippen LogP) is 1.10. The van der Waals surface area contributed by atoms with Crippen LogP contribution in [0.3, 0.4) is 0 Å². The van der Waals surface area contributed by atoms with Crippen molar-refractivity contribution in [1.29, 1.82) is 0 Å². The van der Waals surface area contributed by atoms with Gasteiger partial charge in [-0.2, -0.15) is 5.10 Å². The standard InChI is InChI=1S/C5H5N3S/c1-4-6-5-8(7-4)2-3-9-5/h2-3H,1H3. The summed E-state index contributed by atoms with van der Waals surface area (Å²) in [6.07, 6.45) is 1.90. The maximum absolute atomic E-state index is 4.14. The van der Waals surface area contributed by atoms with E-state index in [2.05, 4.69) is 10.1 Å². The van der Waals surface area contributed by atoms with Crippen molar-refractivity contribution in [1.82, 2.24) is 14.6 Å². The number of hydrogen-bond donors (Lipinski definition) is 0. The normalized spacial score (nSPS) is 10.8. The molecule has 0 saturated heterocycles. The molecule has 0 spiro atoms. The van der Waals surface area contributed by atoms with E-state index in [-0.39, 0.29) is 0 Å². The molecule has 2 aromatic heterocycles. The van der Waals surface area contributed by atoms with E-state index < -0.39 is 0 Å². The smallest absolute Gasteiger partial charge is 0.211 e. The van der Waals surface area contributed by atoms with Crippen molar-refractivity contribution in [3.05, 3.63) is 17.4 Å². The van der Waals surface area contributed by atoms with E-state index in [1.54, 1.807) is 15.9 Å². The summed E-state index contributed by atoms with van der Waals surface area (Å²) in [5, 5.41) is 6.06. The molecule has 0 bridgehead atoms. The zero-order valence-electron chi connectivity index (χ0n) is 4.90. The van der Waals surface area contributed by atoms with Gasteiger partial charge in [-0.15, -0.1) is 11.3 Å². The predicted molar refractivity (Wildman–Crippen MR) is 35.6 cm³/mol. The molecule has 0 aromatic carbocycles. The summed E-state index contributed by atoms with van der Waals surface area (Å²) in [7, 11) is 0. The molecule has 3 nitrogen and oxygen atoms in total. The van der Waals surface area contributed by atoms with Crippen LogP contribution in [0.5, 0.6) is 0 Å². The molecule has 0 aliphatic carbocycles. The van der Waals surface area contributed by atoms with Gasteiger partial charge in [0.2, 0.25) is 4.96 Å². The Morgan fingerprint density at radius 1 is 1.67 bits per heavy atom. The highest BCUT2D eigenvalue weighted by Crippen LogP contribution is 2.06. The maximum Gasteiger partial charge on any atom is 0.212 e. The molecule has 0 aliphatic heterocycles. The van der Waals surface area contributed by atoms with Crippen molar-refractivity contribution in [3.63, 3.8) is 0 Å². The Morgan fingerprint density at radius 3 is 3.33 bits per heavy atom. The lowest BCUT2D eigenvalue weighted by Crippen LogP contribution is -1.78. The number of aryl methyl sites for hydroxylation is 1. The molecule has 4 heteroatoms. The summed E-state index contributed by atoms with van der Waals surface area (Å²) >= 11 is 1.60. The summed E-state index contributed by atoms with van der Waals surface area (Å²) in [5.41, 5.74) is 0. The zero-order chi connectivity index (χ0) is 6.27. The Hall–Kier alpha value is -0.900. The number of fused-ring (bicyclic) bond motifs is 1. The van der Waals surface area contributed by atoms with Gasteiger partial charge >= 0.3 is 0 Å². The van der Waals surface area contributed by atoms with E-state index >= 15 is 0 Å². The second kappa shape index (κ2) is 1.54. The Kier molecular flexibility index (Phi) is 0.843. The number of nitrogens with zero attached hydrogens (tertiary/aromatic N) is 3. The molecule has 0 fully saturated rings. The van der Waals surface area contributed by atoms with Gasteiger partial charge in [-0.05, 0) is 6.92 Å². The Morgan fingerprint density at radius 2 is 2.56 bits per heavy atom. The number of hydrogen-bond acceptors (Lipinski definition) is 3. The summed E-state index contributed by atoms with van der Waals surface area (Å²) in [4.78, 5) is 5.11. The SMILES string of the molecule is Cc1nc2sccn2n1. The number of rotatable bonds is 0. The van der Waals surface area contributed by atoms with E-state index in [1.165, 1.54) is 0 Å². The van der Waals surface area contributed by atoms with Crippen LogP contribution in [0.1, 0.15) is 5.82 Å². The summed E-state index contributed by atoms with van der Waals surface area (Å²) in [5.74, 6) is 0.835. The second-order valence-electron chi connectivity index (χ2n) is 1.79. The minimum atomic E-state index is 0.835. The van der Waals surface area contributed by atoms with Crippen LogP contribution < -0.4 is 0 Å². The van der Waals surface area contributed by atoms with Gasteiger partial charge in [0.15, 0.2) is 0 Å². The number of aromatic nitrogens is 3. The molecule has 0 atom stereocenters. The fourth-order valence-corrected chi connectivity index (χ4v) is 1.43. The summed E-state index contributed by atoms with van der Waals surface area (Å²) < 4.78 is 1.78. The van der Waals surface area contributed by atoms with Crippen molar-refractivity contribution in [2.45, 2.75) is 6.92 Å². The van der Waals surface area contributed by atoms with Crippen LogP contribution in [0.4, 0.5) is 0 Å². The van der Waals surface area contributed by atoms with Crippen LogP contribution >= 0.6 is 11.3 Å². The van der Waals surface area contributed by atoms with Crippen LogP contribution in [0.25, 0.3) is 4.96 Å². The molecule has 0 radical (unpaired) electrons. The zero-order valence-corrected chi connectivity index (χ0v) is 5.72. The van der Waals surface area contributed by atoms with Crippen molar-refractivity contribution < 1.29 is 0 Å². The van der Waals surface area contributed by atoms with Gasteiger partial charge in [0.25, 0.3) is 0 Å². The molecule has 0 N–H and O–H groups in total. The lowest BCUT2D eigenvalue weighted by molar-refractivity contribution is 0.941. The van der Waals surface area contributed by atoms with Crippen molar-refractivity contribution >= 4 is 16.3 Å². The third-order valence-corrected chi connectivity index (χ3v) is 1.83. The van der Waals surface area contributed by atoms with Gasteiger partial charge in [0, 0.05) is 11.6 Å². The van der Waals surface area contributed by atoms with Crippen molar-refractivity contribution in [2.24, 2.45) is 0 Å². The Labute approximate surface area is 56.0 Å². The topological polar surface area (TPSA) is 30.2 Å². The van der Waals surface area contributed by atoms with Gasteiger partial charge in [-0.3, -0.25) is 0 Å². The van der Waals surface area contributed by atoms with Crippen LogP contribution in [0.2, 0.25) is 0 Å². The van der Waals surface area contributed by atoms with Crippen LogP contribution in [0.15, 0.2) is 11.6 Å². The molecule has 2 rings (SSSR count). The third kappa shape index (κ3) is 0.632. The van der Waals surface area contributed by atoms with Crippen LogP contribution in [0, 0.1) is 6.92 Å². The first-order valence-electron chi connectivity index (χ1n) is 2.63. The van der Waals surface area contributed by atoms with Crippen molar-refractivity contribution in [2.75, 3.05) is 0 Å². The first-order valence-corrected chi connectivity index (χ1v) is 3.51. The van der Waals surface area contributed by atoms with E-state index in [1.807, 2.05) is 18.5 Å². The molecule has 0 saturated carbocycles. The van der Waals surface area contributed by atoms with E-state index in [4.69, 9.17) is 0 Å². The summed E-state index contributed by atoms with van der Waals surface area (Å²) in [6.45, 7) is 1.89. The molecule has 9 heavy (non-hydrogen) atoms. The molecule has 2 aromatic rings. The minimum absolute atomic E-state index is 0.835. The highest BCUT2D eigenvalue weighted by atomic mass is 32.1. The third-order valence-electron chi connectivity index (χ3n) is 1.08. The van der Waals surface area contributed by atoms with E-state index in [0.29, 0.717) is 0 Å². The highest BCUT2D eigenvalue weighted by molar-refractivity contribution is 7.15. The van der Waals surface area contributed by atoms with Gasteiger partial charge in [-0.1, -0.05) is 0 Å². The van der Waals surface area contributed by atoms with Gasteiger partial charge < -0.3 is 0 Å². The number of thiazole rings is 1. The lowest BCUT2D eigenvalue weighted by atomic mass is 10.8. The Balaban J connectivity index is 2.92. The molecule has 46 valence electrons. The van der Waals surface area contributed by atoms with Crippen LogP contribution in [-0.2, 0) is 0 Å². The van der Waals surface area contributed by atoms with Crippen molar-refractivity contribution in [3.8, 4) is 0 Å². The first-order chi connectivity index (χ1) is 4.36. The second-order valence-corrected chi connectivity index (χ2v) is 2.66. The molecule has 0 aliphatic rings. The van der Waals surface area contributed by atoms with Gasteiger partial charge in [0.1, 0.15) is 5.82 Å². The molecular weight excluding hydrogens is 134 g/mol. The molecule has 2 heterocycles. The minimum Gasteiger partial charge on any atom is -0.211 e. The average molecular weight is 139 g/mol. The summed E-state index contributed by atoms with van der Waals surface area (Å²) in [6, 6.07) is 0. The largest absolute Gasteiger partial charge is 0.212 e. The first kappa shape index (κ1) is 4.93. The lowest BCUT2D eigenvalue weighted by Gasteiger charge is -1.71. The Bertz CT molecular complexity index is 293. The fourth-order valence-electron chi connectivity index (χ4n) is 0.737. The quantitative estimate of drug-likeness (QED) is 0.547. The molecular formula is C5H5N3S.